The lowest BCUT2D eigenvalue weighted by molar-refractivity contribution is 0.860. The van der Waals surface area contributed by atoms with Crippen LogP contribution in [0, 0.1) is 6.04 Å². The maximum Gasteiger partial charge on any atom is 0.0683 e. The molecule has 0 saturated carbocycles. The van der Waals surface area contributed by atoms with Gasteiger partial charge < -0.3 is 10.3 Å². The second-order valence-corrected chi connectivity index (χ2v) is 3.76. The predicted octanol–water partition coefficient (Wildman–Crippen LogP) is 2.43. The van der Waals surface area contributed by atoms with Crippen molar-refractivity contribution in [2.75, 3.05) is 6.54 Å². The van der Waals surface area contributed by atoms with Crippen LogP contribution in [0.3, 0.4) is 0 Å². The van der Waals surface area contributed by atoms with Crippen molar-refractivity contribution in [1.82, 2.24) is 10.3 Å². The Morgan fingerprint density at radius 2 is 2.07 bits per heavy atom. The van der Waals surface area contributed by atoms with Crippen LogP contribution in [0.5, 0.6) is 0 Å². The smallest absolute Gasteiger partial charge is 0.0683 e. The summed E-state index contributed by atoms with van der Waals surface area (Å²) in [7, 11) is 0. The summed E-state index contributed by atoms with van der Waals surface area (Å²) in [6.45, 7) is 1.12. The Labute approximate surface area is 83.3 Å². The van der Waals surface area contributed by atoms with Crippen LogP contribution < -0.4 is 5.32 Å². The first-order valence-corrected chi connectivity index (χ1v) is 5.11. The van der Waals surface area contributed by atoms with Crippen LogP contribution in [0.25, 0.3) is 10.9 Å². The van der Waals surface area contributed by atoms with E-state index in [-0.39, 0.29) is 0 Å². The number of aromatic amines is 1. The Bertz CT molecular complexity index is 438. The number of para-hydroxylation sites is 1. The monoisotopic (exact) mass is 185 g/mol. The molecule has 1 saturated heterocycles. The van der Waals surface area contributed by atoms with Crippen LogP contribution in [0.4, 0.5) is 0 Å². The standard InChI is InChI=1S/C12H13N2/c1-2-5-11-9(4-1)10(8-14-11)12-6-3-7-13-12/h1-2,4-5,8,13-14H,3,6-7H2. The van der Waals surface area contributed by atoms with Gasteiger partial charge in [0.2, 0.25) is 0 Å². The van der Waals surface area contributed by atoms with E-state index in [1.165, 1.54) is 35.3 Å². The van der Waals surface area contributed by atoms with E-state index in [4.69, 9.17) is 0 Å². The lowest BCUT2D eigenvalue weighted by atomic mass is 10.0. The molecule has 14 heavy (non-hydrogen) atoms. The van der Waals surface area contributed by atoms with E-state index in [1.54, 1.807) is 0 Å². The summed E-state index contributed by atoms with van der Waals surface area (Å²) in [5.41, 5.74) is 2.57. The number of rotatable bonds is 1. The summed E-state index contributed by atoms with van der Waals surface area (Å²) in [5.74, 6) is 0. The lowest BCUT2D eigenvalue weighted by Gasteiger charge is -2.06. The number of nitrogens with one attached hydrogen (secondary N) is 2. The molecule has 2 heterocycles. The van der Waals surface area contributed by atoms with Crippen molar-refractivity contribution in [2.45, 2.75) is 12.8 Å². The van der Waals surface area contributed by atoms with Gasteiger partial charge in [0.15, 0.2) is 0 Å². The highest BCUT2D eigenvalue weighted by Crippen LogP contribution is 2.28. The molecule has 2 nitrogen and oxygen atoms in total. The molecular formula is C12H13N2. The van der Waals surface area contributed by atoms with E-state index in [0.29, 0.717) is 0 Å². The Hall–Kier alpha value is -1.28. The summed E-state index contributed by atoms with van der Waals surface area (Å²) in [5, 5.41) is 4.78. The van der Waals surface area contributed by atoms with Crippen molar-refractivity contribution in [3.8, 4) is 0 Å². The third-order valence-corrected chi connectivity index (χ3v) is 2.86. The number of H-pyrrole nitrogens is 1. The first kappa shape index (κ1) is 8.06. The van der Waals surface area contributed by atoms with Crippen molar-refractivity contribution in [3.63, 3.8) is 0 Å². The first-order valence-electron chi connectivity index (χ1n) is 5.11. The molecule has 2 aromatic rings. The van der Waals surface area contributed by atoms with E-state index in [0.717, 1.165) is 6.54 Å². The van der Waals surface area contributed by atoms with Crippen LogP contribution in [-0.2, 0) is 0 Å². The van der Waals surface area contributed by atoms with E-state index in [1.807, 2.05) is 0 Å². The van der Waals surface area contributed by atoms with Crippen LogP contribution >= 0.6 is 0 Å². The van der Waals surface area contributed by atoms with Crippen molar-refractivity contribution >= 4 is 10.9 Å². The fourth-order valence-corrected chi connectivity index (χ4v) is 2.14. The molecule has 2 heteroatoms. The molecule has 71 valence electrons. The zero-order chi connectivity index (χ0) is 9.38. The second kappa shape index (κ2) is 3.14. The van der Waals surface area contributed by atoms with Crippen molar-refractivity contribution in [2.24, 2.45) is 0 Å². The van der Waals surface area contributed by atoms with E-state index in [9.17, 15) is 0 Å². The Morgan fingerprint density at radius 1 is 1.14 bits per heavy atom. The Balaban J connectivity index is 2.11. The van der Waals surface area contributed by atoms with E-state index >= 15 is 0 Å². The molecule has 1 aliphatic heterocycles. The minimum atomic E-state index is 1.12. The third-order valence-electron chi connectivity index (χ3n) is 2.86. The van der Waals surface area contributed by atoms with E-state index < -0.39 is 0 Å². The largest absolute Gasteiger partial charge is 0.361 e. The molecule has 1 aliphatic rings. The zero-order valence-corrected chi connectivity index (χ0v) is 8.01. The molecule has 1 aromatic carbocycles. The van der Waals surface area contributed by atoms with E-state index in [2.05, 4.69) is 40.8 Å². The van der Waals surface area contributed by atoms with Gasteiger partial charge in [-0.25, -0.2) is 0 Å². The van der Waals surface area contributed by atoms with Gasteiger partial charge in [-0.1, -0.05) is 18.2 Å². The van der Waals surface area contributed by atoms with Crippen molar-refractivity contribution in [3.05, 3.63) is 42.1 Å². The summed E-state index contributed by atoms with van der Waals surface area (Å²) in [6.07, 6.45) is 4.55. The van der Waals surface area contributed by atoms with Crippen molar-refractivity contribution < 1.29 is 0 Å². The Morgan fingerprint density at radius 3 is 2.93 bits per heavy atom. The molecule has 0 unspecified atom stereocenters. The van der Waals surface area contributed by atoms with Gasteiger partial charge in [-0.3, -0.25) is 0 Å². The number of hydrogen-bond donors (Lipinski definition) is 2. The molecule has 0 spiro atoms. The summed E-state index contributed by atoms with van der Waals surface area (Å²) in [6, 6.07) is 9.84. The number of hydrogen-bond acceptors (Lipinski definition) is 1. The number of benzene rings is 1. The molecule has 2 N–H and O–H groups in total. The normalized spacial score (nSPS) is 18.0. The quantitative estimate of drug-likeness (QED) is 0.701. The second-order valence-electron chi connectivity index (χ2n) is 3.76. The van der Waals surface area contributed by atoms with Gasteiger partial charge in [0.1, 0.15) is 0 Å². The van der Waals surface area contributed by atoms with Crippen LogP contribution in [-0.4, -0.2) is 11.5 Å². The van der Waals surface area contributed by atoms with Gasteiger partial charge in [0.25, 0.3) is 0 Å². The highest BCUT2D eigenvalue weighted by molar-refractivity contribution is 5.85. The number of aromatic nitrogens is 1. The maximum absolute atomic E-state index is 3.45. The average Bonchev–Trinajstić information content (AvgIpc) is 2.85. The highest BCUT2D eigenvalue weighted by Gasteiger charge is 2.19. The minimum absolute atomic E-state index is 1.12. The SMILES string of the molecule is c1ccc2c([C]3CCCN3)c[nH]c2c1. The topological polar surface area (TPSA) is 27.8 Å². The molecular weight excluding hydrogens is 172 g/mol. The molecule has 0 aliphatic carbocycles. The van der Waals surface area contributed by atoms with Crippen LogP contribution in [0.15, 0.2) is 30.5 Å². The molecule has 1 fully saturated rings. The molecule has 0 atom stereocenters. The minimum Gasteiger partial charge on any atom is -0.361 e. The fourth-order valence-electron chi connectivity index (χ4n) is 2.14. The summed E-state index contributed by atoms with van der Waals surface area (Å²) < 4.78 is 0. The molecule has 0 bridgehead atoms. The summed E-state index contributed by atoms with van der Waals surface area (Å²) >= 11 is 0. The zero-order valence-electron chi connectivity index (χ0n) is 8.01. The molecule has 1 aromatic heterocycles. The average molecular weight is 185 g/mol. The van der Waals surface area contributed by atoms with Gasteiger partial charge in [-0.2, -0.15) is 0 Å². The number of fused-ring (bicyclic) bond motifs is 1. The van der Waals surface area contributed by atoms with Crippen LogP contribution in [0.1, 0.15) is 18.4 Å². The highest BCUT2D eigenvalue weighted by atomic mass is 14.9. The van der Waals surface area contributed by atoms with Gasteiger partial charge >= 0.3 is 0 Å². The summed E-state index contributed by atoms with van der Waals surface area (Å²) in [4.78, 5) is 3.30. The first-order chi connectivity index (χ1) is 6.95. The van der Waals surface area contributed by atoms with Crippen molar-refractivity contribution in [1.29, 1.82) is 0 Å². The third kappa shape index (κ3) is 1.15. The lowest BCUT2D eigenvalue weighted by Crippen LogP contribution is -2.13. The maximum atomic E-state index is 3.45. The van der Waals surface area contributed by atoms with Gasteiger partial charge in [-0.15, -0.1) is 0 Å². The van der Waals surface area contributed by atoms with Gasteiger partial charge in [0.05, 0.1) is 6.04 Å². The molecule has 1 radical (unpaired) electrons. The molecule has 0 amide bonds. The van der Waals surface area contributed by atoms with Gasteiger partial charge in [-0.05, 0) is 31.0 Å². The molecule has 3 rings (SSSR count). The predicted molar refractivity (Wildman–Crippen MR) is 57.9 cm³/mol. The Kier molecular flexibility index (Phi) is 1.81. The fraction of sp³-hybridized carbons (Fsp3) is 0.250. The van der Waals surface area contributed by atoms with Gasteiger partial charge in [0, 0.05) is 17.1 Å². The van der Waals surface area contributed by atoms with Crippen LogP contribution in [0.2, 0.25) is 0 Å².